The van der Waals surface area contributed by atoms with Crippen LogP contribution in [0, 0.1) is 29.6 Å². The van der Waals surface area contributed by atoms with E-state index in [9.17, 15) is 18.8 Å². The molecule has 1 aliphatic heterocycles. The number of furan rings is 1. The molecule has 2 heterocycles. The summed E-state index contributed by atoms with van der Waals surface area (Å²) < 4.78 is 29.3. The lowest BCUT2D eigenvalue weighted by atomic mass is 9.74. The Kier molecular flexibility index (Phi) is 10.9. The maximum absolute atomic E-state index is 14.1. The molecule has 7 nitrogen and oxygen atoms in total. The first-order valence-electron chi connectivity index (χ1n) is 16.5. The fourth-order valence-corrected chi connectivity index (χ4v) is 7.88. The smallest absolute Gasteiger partial charge is 0.374 e. The number of carbonyl (C=O) groups is 3. The number of fused-ring (bicyclic) bond motifs is 1. The number of hydrogen-bond donors (Lipinski definition) is 0. The van der Waals surface area contributed by atoms with Crippen molar-refractivity contribution in [3.05, 3.63) is 35.6 Å². The van der Waals surface area contributed by atoms with Gasteiger partial charge < -0.3 is 18.8 Å². The van der Waals surface area contributed by atoms with Gasteiger partial charge in [0.25, 0.3) is 0 Å². The van der Waals surface area contributed by atoms with Crippen LogP contribution in [0.1, 0.15) is 93.7 Å². The molecule has 1 amide bonds. The molecule has 43 heavy (non-hydrogen) atoms. The van der Waals surface area contributed by atoms with Crippen molar-refractivity contribution < 1.29 is 32.7 Å². The van der Waals surface area contributed by atoms with Crippen molar-refractivity contribution in [1.82, 2.24) is 4.90 Å². The molecule has 0 bridgehead atoms. The fraction of sp³-hybridized carbons (Fsp3) is 0.686. The van der Waals surface area contributed by atoms with Gasteiger partial charge in [-0.15, -0.1) is 0 Å². The Morgan fingerprint density at radius 2 is 1.77 bits per heavy atom. The average molecular weight is 598 g/mol. The first-order chi connectivity index (χ1) is 20.9. The summed E-state index contributed by atoms with van der Waals surface area (Å²) in [5.74, 6) is 0.846. The fourth-order valence-electron chi connectivity index (χ4n) is 7.88. The number of rotatable bonds is 12. The average Bonchev–Trinajstić information content (AvgIpc) is 3.68. The minimum Gasteiger partial charge on any atom is -0.460 e. The van der Waals surface area contributed by atoms with Crippen molar-refractivity contribution >= 4 is 28.6 Å². The number of benzene rings is 1. The lowest BCUT2D eigenvalue weighted by molar-refractivity contribution is -0.143. The molecule has 0 N–H and O–H groups in total. The highest BCUT2D eigenvalue weighted by Crippen LogP contribution is 2.42. The van der Waals surface area contributed by atoms with Gasteiger partial charge in [0.2, 0.25) is 11.7 Å². The Bertz CT molecular complexity index is 1240. The quantitative estimate of drug-likeness (QED) is 0.195. The van der Waals surface area contributed by atoms with Crippen molar-refractivity contribution in [1.29, 1.82) is 0 Å². The molecule has 5 rings (SSSR count). The number of methoxy groups -OCH3 is 1. The number of ether oxygens (including phenoxy) is 2. The number of nitrogens with zero attached hydrogens (tertiary/aromatic N) is 1. The number of hydrogen-bond acceptors (Lipinski definition) is 6. The summed E-state index contributed by atoms with van der Waals surface area (Å²) in [6.45, 7) is 3.07. The number of ketones is 1. The number of likely N-dealkylation sites (tertiary alicyclic amines) is 1. The third kappa shape index (κ3) is 7.50. The summed E-state index contributed by atoms with van der Waals surface area (Å²) >= 11 is 0. The molecule has 0 radical (unpaired) electrons. The summed E-state index contributed by atoms with van der Waals surface area (Å²) in [6, 6.07) is 6.85. The zero-order valence-electron chi connectivity index (χ0n) is 25.9. The number of amides is 1. The lowest BCUT2D eigenvalue weighted by Crippen LogP contribution is -2.48. The van der Waals surface area contributed by atoms with Crippen molar-refractivity contribution in [3.8, 4) is 0 Å². The summed E-state index contributed by atoms with van der Waals surface area (Å²) in [6.07, 6.45) is 11.0. The maximum atomic E-state index is 14.1. The molecule has 1 aromatic heterocycles. The number of Topliss-reactive ketones (excluding diaryl/α,β-unsaturated/α-hetero) is 1. The van der Waals surface area contributed by atoms with E-state index >= 15 is 0 Å². The van der Waals surface area contributed by atoms with Crippen LogP contribution in [0.15, 0.2) is 28.7 Å². The van der Waals surface area contributed by atoms with E-state index in [0.29, 0.717) is 37.0 Å². The second-order valence-electron chi connectivity index (χ2n) is 13.2. The van der Waals surface area contributed by atoms with Crippen molar-refractivity contribution in [2.75, 3.05) is 33.5 Å². The van der Waals surface area contributed by atoms with Gasteiger partial charge in [-0.2, -0.15) is 0 Å². The van der Waals surface area contributed by atoms with Crippen LogP contribution < -0.4 is 0 Å². The normalized spacial score (nSPS) is 25.6. The monoisotopic (exact) mass is 597 g/mol. The van der Waals surface area contributed by atoms with Crippen molar-refractivity contribution in [2.45, 2.75) is 90.0 Å². The van der Waals surface area contributed by atoms with E-state index < -0.39 is 12.0 Å². The molecule has 3 fully saturated rings. The van der Waals surface area contributed by atoms with Crippen molar-refractivity contribution in [2.24, 2.45) is 29.6 Å². The van der Waals surface area contributed by atoms with Crippen LogP contribution in [-0.4, -0.2) is 62.1 Å². The molecule has 1 saturated heterocycles. The molecule has 2 aromatic rings. The van der Waals surface area contributed by atoms with Gasteiger partial charge in [0.1, 0.15) is 5.58 Å². The standard InChI is InChI=1S/C35H48FNO6/c1-23(22-36)25-10-12-27(13-11-25)34(39)37-16-15-29(26-7-4-3-5-8-26)33(37)30(38)20-24-9-14-31-28(19-24)21-32(43-31)35(40)42-18-6-17-41-2/h9,14,19,21,23,25-27,29,33H,3-8,10-13,15-18,20,22H2,1-2H3/t23?,25?,27?,29-,33-/m0/s1. The van der Waals surface area contributed by atoms with Gasteiger partial charge in [0, 0.05) is 44.4 Å². The van der Waals surface area contributed by atoms with E-state index in [1.165, 1.54) is 19.3 Å². The predicted molar refractivity (Wildman–Crippen MR) is 162 cm³/mol. The summed E-state index contributed by atoms with van der Waals surface area (Å²) in [7, 11) is 1.60. The minimum atomic E-state index is -0.520. The number of alkyl halides is 1. The SMILES string of the molecule is COCCCOC(=O)c1cc2cc(CC(=O)[C@@H]3[C@H](C4CCCCC4)CCN3C(=O)C3CCC(C(C)CF)CC3)ccc2o1. The highest BCUT2D eigenvalue weighted by Gasteiger charge is 2.46. The lowest BCUT2D eigenvalue weighted by Gasteiger charge is -2.37. The molecule has 3 atom stereocenters. The van der Waals surface area contributed by atoms with Gasteiger partial charge in [-0.25, -0.2) is 4.79 Å². The molecule has 1 aromatic carbocycles. The van der Waals surface area contributed by atoms with E-state index in [0.717, 1.165) is 55.9 Å². The third-order valence-electron chi connectivity index (χ3n) is 10.4. The topological polar surface area (TPSA) is 86.0 Å². The molecule has 1 unspecified atom stereocenters. The molecule has 0 spiro atoms. The number of esters is 1. The minimum absolute atomic E-state index is 0.0445. The summed E-state index contributed by atoms with van der Waals surface area (Å²) in [4.78, 5) is 42.4. The van der Waals surface area contributed by atoms with Crippen LogP contribution in [-0.2, 0) is 25.5 Å². The number of halogens is 1. The Labute approximate surface area is 254 Å². The van der Waals surface area contributed by atoms with Crippen LogP contribution in [0.25, 0.3) is 11.0 Å². The van der Waals surface area contributed by atoms with Crippen molar-refractivity contribution in [3.63, 3.8) is 0 Å². The molecule has 236 valence electrons. The molecular weight excluding hydrogens is 549 g/mol. The van der Waals surface area contributed by atoms with E-state index in [2.05, 4.69) is 0 Å². The van der Waals surface area contributed by atoms with E-state index in [1.807, 2.05) is 24.0 Å². The van der Waals surface area contributed by atoms with Crippen LogP contribution in [0.2, 0.25) is 0 Å². The Balaban J connectivity index is 1.29. The van der Waals surface area contributed by atoms with Gasteiger partial charge in [-0.3, -0.25) is 14.0 Å². The van der Waals surface area contributed by atoms with Crippen LogP contribution in [0.5, 0.6) is 0 Å². The first-order valence-corrected chi connectivity index (χ1v) is 16.5. The van der Waals surface area contributed by atoms with Gasteiger partial charge in [-0.05, 0) is 79.5 Å². The predicted octanol–water partition coefficient (Wildman–Crippen LogP) is 6.95. The second-order valence-corrected chi connectivity index (χ2v) is 13.2. The van der Waals surface area contributed by atoms with Gasteiger partial charge in [0.05, 0.1) is 19.3 Å². The van der Waals surface area contributed by atoms with E-state index in [1.54, 1.807) is 19.2 Å². The third-order valence-corrected chi connectivity index (χ3v) is 10.4. The zero-order chi connectivity index (χ0) is 30.3. The summed E-state index contributed by atoms with van der Waals surface area (Å²) in [5.41, 5.74) is 1.41. The van der Waals surface area contributed by atoms with E-state index in [-0.39, 0.29) is 54.9 Å². The first kappa shape index (κ1) is 31.7. The van der Waals surface area contributed by atoms with Gasteiger partial charge in [-0.1, -0.05) is 45.1 Å². The van der Waals surface area contributed by atoms with Crippen LogP contribution >= 0.6 is 0 Å². The Morgan fingerprint density at radius 1 is 1.00 bits per heavy atom. The molecule has 2 saturated carbocycles. The second kappa shape index (κ2) is 14.8. The molecule has 8 heteroatoms. The van der Waals surface area contributed by atoms with Crippen LogP contribution in [0.4, 0.5) is 4.39 Å². The summed E-state index contributed by atoms with van der Waals surface area (Å²) in [5, 5.41) is 0.747. The Hall–Kier alpha value is -2.74. The molecule has 2 aliphatic carbocycles. The van der Waals surface area contributed by atoms with E-state index in [4.69, 9.17) is 13.9 Å². The van der Waals surface area contributed by atoms with Gasteiger partial charge >= 0.3 is 5.97 Å². The molecular formula is C35H48FNO6. The highest BCUT2D eigenvalue weighted by molar-refractivity contribution is 5.94. The largest absolute Gasteiger partial charge is 0.460 e. The zero-order valence-corrected chi connectivity index (χ0v) is 25.9. The Morgan fingerprint density at radius 3 is 2.49 bits per heavy atom. The van der Waals surface area contributed by atoms with Gasteiger partial charge in [0.15, 0.2) is 5.78 Å². The maximum Gasteiger partial charge on any atom is 0.374 e. The molecule has 3 aliphatic rings. The van der Waals surface area contributed by atoms with Crippen LogP contribution in [0.3, 0.4) is 0 Å². The highest BCUT2D eigenvalue weighted by atomic mass is 19.1. The number of carbonyl (C=O) groups excluding carboxylic acids is 3.